The number of benzene rings is 1. The van der Waals surface area contributed by atoms with Crippen molar-refractivity contribution in [3.05, 3.63) is 42.0 Å². The maximum atomic E-state index is 12.3. The third-order valence-electron chi connectivity index (χ3n) is 4.12. The molecule has 0 spiro atoms. The third-order valence-corrected chi connectivity index (χ3v) is 4.12. The second kappa shape index (κ2) is 8.48. The van der Waals surface area contributed by atoms with E-state index >= 15 is 0 Å². The van der Waals surface area contributed by atoms with Gasteiger partial charge in [0.25, 0.3) is 0 Å². The summed E-state index contributed by atoms with van der Waals surface area (Å²) in [5.74, 6) is 0.991. The molecule has 134 valence electrons. The van der Waals surface area contributed by atoms with Gasteiger partial charge in [0.05, 0.1) is 13.2 Å². The predicted molar refractivity (Wildman–Crippen MR) is 92.3 cm³/mol. The van der Waals surface area contributed by atoms with Crippen LogP contribution in [-0.2, 0) is 17.7 Å². The highest BCUT2D eigenvalue weighted by molar-refractivity contribution is 5.74. The van der Waals surface area contributed by atoms with Crippen molar-refractivity contribution >= 4 is 11.7 Å². The van der Waals surface area contributed by atoms with E-state index in [1.165, 1.54) is 5.69 Å². The summed E-state index contributed by atoms with van der Waals surface area (Å²) < 4.78 is 10.1. The SMILES string of the molecule is COCCc1noc(CNC(=O)N2CCN(c3ccccc3)CC2)n1. The van der Waals surface area contributed by atoms with E-state index in [1.807, 2.05) is 23.1 Å². The molecule has 2 heterocycles. The Bertz CT molecular complexity index is 668. The Morgan fingerprint density at radius 3 is 2.72 bits per heavy atom. The number of hydrogen-bond donors (Lipinski definition) is 1. The molecule has 2 aromatic rings. The number of para-hydroxylation sites is 1. The summed E-state index contributed by atoms with van der Waals surface area (Å²) in [5.41, 5.74) is 1.19. The van der Waals surface area contributed by atoms with E-state index in [9.17, 15) is 4.79 Å². The van der Waals surface area contributed by atoms with Crippen LogP contribution in [0.15, 0.2) is 34.9 Å². The van der Waals surface area contributed by atoms with Crippen molar-refractivity contribution < 1.29 is 14.1 Å². The summed E-state index contributed by atoms with van der Waals surface area (Å²) in [5, 5.41) is 6.68. The number of piperazine rings is 1. The highest BCUT2D eigenvalue weighted by Crippen LogP contribution is 2.15. The number of nitrogens with one attached hydrogen (secondary N) is 1. The third kappa shape index (κ3) is 4.69. The smallest absolute Gasteiger partial charge is 0.317 e. The number of nitrogens with zero attached hydrogens (tertiary/aromatic N) is 4. The predicted octanol–water partition coefficient (Wildman–Crippen LogP) is 1.29. The molecule has 1 N–H and O–H groups in total. The van der Waals surface area contributed by atoms with Gasteiger partial charge in [0.1, 0.15) is 0 Å². The summed E-state index contributed by atoms with van der Waals surface area (Å²) >= 11 is 0. The van der Waals surface area contributed by atoms with Crippen LogP contribution in [0.1, 0.15) is 11.7 Å². The number of ether oxygens (including phenoxy) is 1. The monoisotopic (exact) mass is 345 g/mol. The second-order valence-corrected chi connectivity index (χ2v) is 5.82. The molecule has 8 nitrogen and oxygen atoms in total. The fraction of sp³-hybridized carbons (Fsp3) is 0.471. The minimum absolute atomic E-state index is 0.107. The molecule has 1 aromatic heterocycles. The second-order valence-electron chi connectivity index (χ2n) is 5.82. The van der Waals surface area contributed by atoms with Crippen molar-refractivity contribution in [2.24, 2.45) is 0 Å². The van der Waals surface area contributed by atoms with Crippen molar-refractivity contribution in [1.29, 1.82) is 0 Å². The topological polar surface area (TPSA) is 83.7 Å². The number of urea groups is 1. The van der Waals surface area contributed by atoms with Gasteiger partial charge in [-0.1, -0.05) is 23.4 Å². The molecule has 1 aromatic carbocycles. The first-order chi connectivity index (χ1) is 12.3. The van der Waals surface area contributed by atoms with E-state index in [0.717, 1.165) is 13.1 Å². The summed E-state index contributed by atoms with van der Waals surface area (Å²) in [6.45, 7) is 3.78. The van der Waals surface area contributed by atoms with E-state index in [2.05, 4.69) is 32.5 Å². The van der Waals surface area contributed by atoms with Gasteiger partial charge in [0.2, 0.25) is 5.89 Å². The van der Waals surface area contributed by atoms with E-state index in [4.69, 9.17) is 9.26 Å². The van der Waals surface area contributed by atoms with Crippen molar-refractivity contribution in [1.82, 2.24) is 20.4 Å². The minimum atomic E-state index is -0.107. The number of aromatic nitrogens is 2. The zero-order chi connectivity index (χ0) is 17.5. The van der Waals surface area contributed by atoms with Crippen LogP contribution >= 0.6 is 0 Å². The quantitative estimate of drug-likeness (QED) is 0.849. The first kappa shape index (κ1) is 17.2. The Balaban J connectivity index is 1.43. The van der Waals surface area contributed by atoms with Gasteiger partial charge in [-0.05, 0) is 12.1 Å². The van der Waals surface area contributed by atoms with E-state index in [0.29, 0.717) is 37.8 Å². The first-order valence-electron chi connectivity index (χ1n) is 8.39. The molecule has 25 heavy (non-hydrogen) atoms. The summed E-state index contributed by atoms with van der Waals surface area (Å²) in [7, 11) is 1.62. The Labute approximate surface area is 146 Å². The summed E-state index contributed by atoms with van der Waals surface area (Å²) in [6.07, 6.45) is 0.593. The van der Waals surface area contributed by atoms with Crippen LogP contribution in [0.3, 0.4) is 0 Å². The van der Waals surface area contributed by atoms with E-state index in [-0.39, 0.29) is 12.6 Å². The van der Waals surface area contributed by atoms with Crippen molar-refractivity contribution in [2.75, 3.05) is 44.8 Å². The summed E-state index contributed by atoms with van der Waals surface area (Å²) in [4.78, 5) is 20.6. The van der Waals surface area contributed by atoms with Crippen LogP contribution < -0.4 is 10.2 Å². The molecular weight excluding hydrogens is 322 g/mol. The average Bonchev–Trinajstić information content (AvgIpc) is 3.13. The highest BCUT2D eigenvalue weighted by Gasteiger charge is 2.21. The first-order valence-corrected chi connectivity index (χ1v) is 8.39. The fourth-order valence-corrected chi connectivity index (χ4v) is 2.73. The molecule has 0 bridgehead atoms. The number of carbonyl (C=O) groups excluding carboxylic acids is 1. The van der Waals surface area contributed by atoms with Crippen LogP contribution in [0.4, 0.5) is 10.5 Å². The van der Waals surface area contributed by atoms with Gasteiger partial charge < -0.3 is 24.4 Å². The number of anilines is 1. The number of hydrogen-bond acceptors (Lipinski definition) is 6. The van der Waals surface area contributed by atoms with E-state index in [1.54, 1.807) is 7.11 Å². The Morgan fingerprint density at radius 2 is 2.00 bits per heavy atom. The molecule has 0 radical (unpaired) electrons. The molecule has 0 unspecified atom stereocenters. The summed E-state index contributed by atoms with van der Waals surface area (Å²) in [6, 6.07) is 10.1. The Morgan fingerprint density at radius 1 is 1.24 bits per heavy atom. The van der Waals surface area contributed by atoms with Crippen LogP contribution in [0, 0.1) is 0 Å². The Hall–Kier alpha value is -2.61. The largest absolute Gasteiger partial charge is 0.384 e. The van der Waals surface area contributed by atoms with Crippen LogP contribution in [0.5, 0.6) is 0 Å². The minimum Gasteiger partial charge on any atom is -0.384 e. The lowest BCUT2D eigenvalue weighted by Crippen LogP contribution is -2.51. The van der Waals surface area contributed by atoms with Crippen molar-refractivity contribution in [3.63, 3.8) is 0 Å². The van der Waals surface area contributed by atoms with E-state index < -0.39 is 0 Å². The fourth-order valence-electron chi connectivity index (χ4n) is 2.73. The molecule has 1 aliphatic heterocycles. The molecule has 1 fully saturated rings. The van der Waals surface area contributed by atoms with Gasteiger partial charge in [-0.2, -0.15) is 4.98 Å². The molecule has 3 rings (SSSR count). The number of rotatable bonds is 6. The van der Waals surface area contributed by atoms with Gasteiger partial charge in [-0.3, -0.25) is 0 Å². The number of amides is 2. The molecule has 2 amide bonds. The van der Waals surface area contributed by atoms with Crippen LogP contribution in [-0.4, -0.2) is 61.0 Å². The molecule has 8 heteroatoms. The number of carbonyl (C=O) groups is 1. The van der Waals surface area contributed by atoms with Gasteiger partial charge >= 0.3 is 6.03 Å². The normalized spacial score (nSPS) is 14.6. The maximum absolute atomic E-state index is 12.3. The average molecular weight is 345 g/mol. The zero-order valence-corrected chi connectivity index (χ0v) is 14.4. The zero-order valence-electron chi connectivity index (χ0n) is 14.4. The standard InChI is InChI=1S/C17H23N5O3/c1-24-12-7-15-19-16(25-20-15)13-18-17(23)22-10-8-21(9-11-22)14-5-3-2-4-6-14/h2-6H,7-13H2,1H3,(H,18,23). The molecule has 0 aliphatic carbocycles. The molecular formula is C17H23N5O3. The van der Waals surface area contributed by atoms with Gasteiger partial charge in [0, 0.05) is 45.4 Å². The molecule has 0 atom stereocenters. The number of methoxy groups -OCH3 is 1. The Kier molecular flexibility index (Phi) is 5.84. The molecule has 0 saturated carbocycles. The lowest BCUT2D eigenvalue weighted by atomic mass is 10.2. The lowest BCUT2D eigenvalue weighted by molar-refractivity contribution is 0.192. The van der Waals surface area contributed by atoms with Crippen molar-refractivity contribution in [3.8, 4) is 0 Å². The highest BCUT2D eigenvalue weighted by atomic mass is 16.5. The van der Waals surface area contributed by atoms with Gasteiger partial charge in [-0.15, -0.1) is 0 Å². The van der Waals surface area contributed by atoms with Crippen molar-refractivity contribution in [2.45, 2.75) is 13.0 Å². The van der Waals surface area contributed by atoms with Gasteiger partial charge in [-0.25, -0.2) is 4.79 Å². The van der Waals surface area contributed by atoms with Crippen LogP contribution in [0.25, 0.3) is 0 Å². The molecule has 1 saturated heterocycles. The lowest BCUT2D eigenvalue weighted by Gasteiger charge is -2.36. The molecule has 1 aliphatic rings. The van der Waals surface area contributed by atoms with Gasteiger partial charge in [0.15, 0.2) is 5.82 Å². The van der Waals surface area contributed by atoms with Crippen LogP contribution in [0.2, 0.25) is 0 Å². The maximum Gasteiger partial charge on any atom is 0.317 e.